The Labute approximate surface area is 131 Å². The van der Waals surface area contributed by atoms with Crippen molar-refractivity contribution in [1.82, 2.24) is 10.2 Å². The normalized spacial score (nSPS) is 23.2. The highest BCUT2D eigenvalue weighted by molar-refractivity contribution is 7.19. The lowest BCUT2D eigenvalue weighted by atomic mass is 10.1. The summed E-state index contributed by atoms with van der Waals surface area (Å²) in [6.45, 7) is 7.10. The number of rotatable bonds is 5. The fourth-order valence-electron chi connectivity index (χ4n) is 3.38. The molecule has 0 spiro atoms. The van der Waals surface area contributed by atoms with E-state index in [1.54, 1.807) is 10.4 Å². The van der Waals surface area contributed by atoms with Crippen LogP contribution in [0.2, 0.25) is 0 Å². The van der Waals surface area contributed by atoms with Gasteiger partial charge in [0.1, 0.15) is 0 Å². The first-order chi connectivity index (χ1) is 10.3. The molecule has 0 bridgehead atoms. The highest BCUT2D eigenvalue weighted by Gasteiger charge is 2.24. The minimum absolute atomic E-state index is 0.787. The lowest BCUT2D eigenvalue weighted by molar-refractivity contribution is 0.321. The Kier molecular flexibility index (Phi) is 3.74. The standard InChI is InChI=1S/C18H24N2S/c1-13-8-9-20(11-13)12-16-15-4-2-3-5-17(15)21-18(16)10-19-14-6-7-14/h2-5,13-14,19H,6-12H2,1H3. The number of thiophene rings is 1. The molecule has 1 atom stereocenters. The minimum atomic E-state index is 0.787. The first-order valence-electron chi connectivity index (χ1n) is 8.24. The summed E-state index contributed by atoms with van der Waals surface area (Å²) in [5, 5.41) is 5.18. The third kappa shape index (κ3) is 3.01. The predicted molar refractivity (Wildman–Crippen MR) is 90.7 cm³/mol. The molecule has 2 fully saturated rings. The lowest BCUT2D eigenvalue weighted by Crippen LogP contribution is -2.21. The molecule has 1 aromatic heterocycles. The van der Waals surface area contributed by atoms with Crippen molar-refractivity contribution in [3.63, 3.8) is 0 Å². The molecule has 4 rings (SSSR count). The van der Waals surface area contributed by atoms with Crippen LogP contribution < -0.4 is 5.32 Å². The van der Waals surface area contributed by atoms with Crippen molar-refractivity contribution in [2.45, 2.75) is 45.3 Å². The molecule has 3 heteroatoms. The molecule has 21 heavy (non-hydrogen) atoms. The monoisotopic (exact) mass is 300 g/mol. The average Bonchev–Trinajstić information content (AvgIpc) is 3.14. The van der Waals surface area contributed by atoms with E-state index in [1.807, 2.05) is 11.3 Å². The number of nitrogens with one attached hydrogen (secondary N) is 1. The maximum absolute atomic E-state index is 3.70. The molecule has 2 aromatic rings. The van der Waals surface area contributed by atoms with Crippen LogP contribution in [0.3, 0.4) is 0 Å². The Hall–Kier alpha value is -0.900. The number of benzene rings is 1. The summed E-state index contributed by atoms with van der Waals surface area (Å²) in [7, 11) is 0. The van der Waals surface area contributed by atoms with Crippen molar-refractivity contribution in [3.05, 3.63) is 34.7 Å². The van der Waals surface area contributed by atoms with Gasteiger partial charge in [-0.3, -0.25) is 4.90 Å². The van der Waals surface area contributed by atoms with Crippen molar-refractivity contribution < 1.29 is 0 Å². The number of likely N-dealkylation sites (tertiary alicyclic amines) is 1. The fourth-order valence-corrected chi connectivity index (χ4v) is 4.55. The van der Waals surface area contributed by atoms with Gasteiger partial charge in [-0.25, -0.2) is 0 Å². The quantitative estimate of drug-likeness (QED) is 0.898. The van der Waals surface area contributed by atoms with Crippen molar-refractivity contribution in [2.75, 3.05) is 13.1 Å². The Balaban J connectivity index is 1.61. The van der Waals surface area contributed by atoms with E-state index in [1.165, 1.54) is 42.4 Å². The largest absolute Gasteiger partial charge is 0.309 e. The molecule has 1 aromatic carbocycles. The third-order valence-corrected chi connectivity index (χ3v) is 6.01. The molecular weight excluding hydrogens is 276 g/mol. The number of hydrogen-bond acceptors (Lipinski definition) is 3. The number of fused-ring (bicyclic) bond motifs is 1. The molecule has 2 heterocycles. The van der Waals surface area contributed by atoms with E-state index in [9.17, 15) is 0 Å². The maximum atomic E-state index is 3.70. The molecule has 1 unspecified atom stereocenters. The van der Waals surface area contributed by atoms with Gasteiger partial charge in [0.05, 0.1) is 0 Å². The molecule has 2 nitrogen and oxygen atoms in total. The summed E-state index contributed by atoms with van der Waals surface area (Å²) >= 11 is 1.99. The molecular formula is C18H24N2S. The van der Waals surface area contributed by atoms with Crippen LogP contribution in [0, 0.1) is 5.92 Å². The molecule has 1 N–H and O–H groups in total. The second kappa shape index (κ2) is 5.71. The third-order valence-electron chi connectivity index (χ3n) is 4.80. The molecule has 1 saturated heterocycles. The second-order valence-electron chi connectivity index (χ2n) is 6.78. The van der Waals surface area contributed by atoms with Gasteiger partial charge in [-0.15, -0.1) is 11.3 Å². The van der Waals surface area contributed by atoms with Gasteiger partial charge in [0, 0.05) is 35.3 Å². The summed E-state index contributed by atoms with van der Waals surface area (Å²) in [4.78, 5) is 4.20. The first-order valence-corrected chi connectivity index (χ1v) is 9.06. The Morgan fingerprint density at radius 1 is 1.24 bits per heavy atom. The fraction of sp³-hybridized carbons (Fsp3) is 0.556. The SMILES string of the molecule is CC1CCN(Cc2c(CNC3CC3)sc3ccccc23)C1. The van der Waals surface area contributed by atoms with Crippen LogP contribution in [-0.4, -0.2) is 24.0 Å². The molecule has 1 aliphatic carbocycles. The van der Waals surface area contributed by atoms with Crippen LogP contribution in [0.25, 0.3) is 10.1 Å². The zero-order chi connectivity index (χ0) is 14.2. The molecule has 1 aliphatic heterocycles. The minimum Gasteiger partial charge on any atom is -0.309 e. The van der Waals surface area contributed by atoms with E-state index in [-0.39, 0.29) is 0 Å². The topological polar surface area (TPSA) is 15.3 Å². The van der Waals surface area contributed by atoms with Crippen LogP contribution in [0.1, 0.15) is 36.6 Å². The highest BCUT2D eigenvalue weighted by atomic mass is 32.1. The molecule has 2 aliphatic rings. The lowest BCUT2D eigenvalue weighted by Gasteiger charge is -2.16. The van der Waals surface area contributed by atoms with Crippen LogP contribution in [-0.2, 0) is 13.1 Å². The van der Waals surface area contributed by atoms with Gasteiger partial charge in [0.15, 0.2) is 0 Å². The van der Waals surface area contributed by atoms with Crippen molar-refractivity contribution in [3.8, 4) is 0 Å². The van der Waals surface area contributed by atoms with Gasteiger partial charge in [-0.2, -0.15) is 0 Å². The van der Waals surface area contributed by atoms with Crippen LogP contribution in [0.15, 0.2) is 24.3 Å². The van der Waals surface area contributed by atoms with Gasteiger partial charge < -0.3 is 5.32 Å². The Morgan fingerprint density at radius 3 is 2.86 bits per heavy atom. The van der Waals surface area contributed by atoms with Gasteiger partial charge >= 0.3 is 0 Å². The van der Waals surface area contributed by atoms with E-state index >= 15 is 0 Å². The van der Waals surface area contributed by atoms with Crippen LogP contribution in [0.5, 0.6) is 0 Å². The van der Waals surface area contributed by atoms with Gasteiger partial charge in [-0.1, -0.05) is 25.1 Å². The Bertz CT molecular complexity index is 629. The summed E-state index contributed by atoms with van der Waals surface area (Å²) in [6.07, 6.45) is 4.09. The van der Waals surface area contributed by atoms with Gasteiger partial charge in [0.25, 0.3) is 0 Å². The van der Waals surface area contributed by atoms with Gasteiger partial charge in [0.2, 0.25) is 0 Å². The van der Waals surface area contributed by atoms with Crippen molar-refractivity contribution >= 4 is 21.4 Å². The first kappa shape index (κ1) is 13.7. The summed E-state index contributed by atoms with van der Waals surface area (Å²) < 4.78 is 1.45. The summed E-state index contributed by atoms with van der Waals surface area (Å²) in [5.41, 5.74) is 1.58. The van der Waals surface area contributed by atoms with Crippen molar-refractivity contribution in [1.29, 1.82) is 0 Å². The van der Waals surface area contributed by atoms with Crippen LogP contribution in [0.4, 0.5) is 0 Å². The van der Waals surface area contributed by atoms with Gasteiger partial charge in [-0.05, 0) is 48.7 Å². The second-order valence-corrected chi connectivity index (χ2v) is 7.92. The number of nitrogens with zero attached hydrogens (tertiary/aromatic N) is 1. The zero-order valence-corrected chi connectivity index (χ0v) is 13.6. The van der Waals surface area contributed by atoms with E-state index < -0.39 is 0 Å². The summed E-state index contributed by atoms with van der Waals surface area (Å²) in [6, 6.07) is 9.72. The Morgan fingerprint density at radius 2 is 2.10 bits per heavy atom. The molecule has 1 saturated carbocycles. The molecule has 0 radical (unpaired) electrons. The summed E-state index contributed by atoms with van der Waals surface area (Å²) in [5.74, 6) is 0.864. The predicted octanol–water partition coefficient (Wildman–Crippen LogP) is 4.00. The maximum Gasteiger partial charge on any atom is 0.0349 e. The van der Waals surface area contributed by atoms with E-state index in [0.29, 0.717) is 0 Å². The van der Waals surface area contributed by atoms with E-state index in [2.05, 4.69) is 41.4 Å². The molecule has 112 valence electrons. The van der Waals surface area contributed by atoms with E-state index in [0.717, 1.165) is 25.0 Å². The zero-order valence-electron chi connectivity index (χ0n) is 12.8. The smallest absolute Gasteiger partial charge is 0.0349 e. The molecule has 0 amide bonds. The van der Waals surface area contributed by atoms with E-state index in [4.69, 9.17) is 0 Å². The van der Waals surface area contributed by atoms with Crippen LogP contribution >= 0.6 is 11.3 Å². The highest BCUT2D eigenvalue weighted by Crippen LogP contribution is 2.34. The number of hydrogen-bond donors (Lipinski definition) is 1. The average molecular weight is 300 g/mol. The van der Waals surface area contributed by atoms with Crippen molar-refractivity contribution in [2.24, 2.45) is 5.92 Å².